The fourth-order valence-electron chi connectivity index (χ4n) is 0.972. The fourth-order valence-corrected chi connectivity index (χ4v) is 1.16. The van der Waals surface area contributed by atoms with Crippen molar-refractivity contribution in [3.05, 3.63) is 12.2 Å². The maximum absolute atomic E-state index is 9.06. The van der Waals surface area contributed by atoms with Gasteiger partial charge in [-0.1, -0.05) is 47.0 Å². The van der Waals surface area contributed by atoms with Crippen molar-refractivity contribution in [2.24, 2.45) is 0 Å². The quantitative estimate of drug-likeness (QED) is 0.582. The molecular weight excluding hydrogens is 222 g/mol. The second kappa shape index (κ2) is 4.16. The van der Waals surface area contributed by atoms with E-state index in [2.05, 4.69) is 0 Å². The zero-order valence-electron chi connectivity index (χ0n) is 6.21. The highest BCUT2D eigenvalue weighted by Gasteiger charge is 2.24. The molecule has 0 aromatic heterocycles. The first kappa shape index (κ1) is 10.6. The van der Waals surface area contributed by atoms with Gasteiger partial charge in [0, 0.05) is 6.42 Å². The van der Waals surface area contributed by atoms with Gasteiger partial charge in [-0.15, -0.1) is 0 Å². The van der Waals surface area contributed by atoms with Crippen molar-refractivity contribution in [3.8, 4) is 0 Å². The van der Waals surface area contributed by atoms with E-state index < -0.39 is 9.90 Å². The van der Waals surface area contributed by atoms with Gasteiger partial charge in [-0.2, -0.15) is 0 Å². The Labute approximate surface area is 86.1 Å². The second-order valence-corrected chi connectivity index (χ2v) is 5.17. The van der Waals surface area contributed by atoms with Gasteiger partial charge in [-0.25, -0.2) is 0 Å². The first-order valence-corrected chi connectivity index (χ1v) is 4.65. The fraction of sp³-hybridized carbons (Fsp3) is 0.714. The van der Waals surface area contributed by atoms with E-state index in [0.29, 0.717) is 6.42 Å². The lowest BCUT2D eigenvalue weighted by Crippen LogP contribution is -2.19. The smallest absolute Gasteiger partial charge is 0.213 e. The van der Waals surface area contributed by atoms with Crippen LogP contribution in [0.1, 0.15) is 6.42 Å². The van der Waals surface area contributed by atoms with E-state index in [0.717, 1.165) is 0 Å². The normalized spacial score (nSPS) is 29.7. The summed E-state index contributed by atoms with van der Waals surface area (Å²) in [5.41, 5.74) is 0. The Morgan fingerprint density at radius 2 is 2.08 bits per heavy atom. The molecule has 1 aliphatic carbocycles. The molecule has 0 spiro atoms. The molecule has 5 heteroatoms. The Morgan fingerprint density at radius 3 is 2.50 bits per heavy atom. The molecule has 2 nitrogen and oxygen atoms in total. The third-order valence-electron chi connectivity index (χ3n) is 1.48. The Morgan fingerprint density at radius 1 is 1.42 bits per heavy atom. The first-order chi connectivity index (χ1) is 5.47. The minimum Gasteiger partial charge on any atom is -0.389 e. The van der Waals surface area contributed by atoms with Gasteiger partial charge < -0.3 is 9.84 Å². The highest BCUT2D eigenvalue weighted by atomic mass is 35.6. The van der Waals surface area contributed by atoms with Crippen LogP contribution >= 0.6 is 34.8 Å². The molecular formula is C7H9Cl3O2. The molecule has 1 N–H and O–H groups in total. The van der Waals surface area contributed by atoms with Crippen molar-refractivity contribution in [1.82, 2.24) is 0 Å². The number of rotatable bonds is 2. The van der Waals surface area contributed by atoms with Crippen molar-refractivity contribution in [1.29, 1.82) is 0 Å². The molecule has 12 heavy (non-hydrogen) atoms. The average molecular weight is 232 g/mol. The Bertz CT molecular complexity index is 176. The molecule has 1 rings (SSSR count). The number of aliphatic hydroxyl groups excluding tert-OH is 1. The summed E-state index contributed by atoms with van der Waals surface area (Å²) in [4.78, 5) is 0. The second-order valence-electron chi connectivity index (χ2n) is 2.65. The van der Waals surface area contributed by atoms with E-state index in [1.807, 2.05) is 0 Å². The standard InChI is InChI=1S/C7H9Cl3O2/c8-7(9,10)4-12-6-2-1-5(11)3-6/h1-2,5-6,11H,3-4H2/t5-,6+/m1/s1. The van der Waals surface area contributed by atoms with E-state index in [-0.39, 0.29) is 12.7 Å². The van der Waals surface area contributed by atoms with Crippen LogP contribution in [0.4, 0.5) is 0 Å². The number of halogens is 3. The summed E-state index contributed by atoms with van der Waals surface area (Å²) in [6.07, 6.45) is 3.42. The molecule has 0 aromatic carbocycles. The third-order valence-corrected chi connectivity index (χ3v) is 1.81. The van der Waals surface area contributed by atoms with E-state index >= 15 is 0 Å². The largest absolute Gasteiger partial charge is 0.389 e. The maximum atomic E-state index is 9.06. The van der Waals surface area contributed by atoms with Gasteiger partial charge in [-0.05, 0) is 0 Å². The summed E-state index contributed by atoms with van der Waals surface area (Å²) in [6.45, 7) is 0.0411. The van der Waals surface area contributed by atoms with Crippen molar-refractivity contribution < 1.29 is 9.84 Å². The Balaban J connectivity index is 2.21. The predicted octanol–water partition coefficient (Wildman–Crippen LogP) is 2.06. The molecule has 1 aliphatic rings. The number of hydrogen-bond donors (Lipinski definition) is 1. The molecule has 2 atom stereocenters. The topological polar surface area (TPSA) is 29.5 Å². The maximum Gasteiger partial charge on any atom is 0.213 e. The van der Waals surface area contributed by atoms with Crippen LogP contribution in [0.2, 0.25) is 0 Å². The summed E-state index contributed by atoms with van der Waals surface area (Å²) in [5, 5.41) is 9.06. The van der Waals surface area contributed by atoms with Crippen LogP contribution in [0.25, 0.3) is 0 Å². The minimum atomic E-state index is -1.37. The van der Waals surface area contributed by atoms with Crippen LogP contribution in [-0.2, 0) is 4.74 Å². The van der Waals surface area contributed by atoms with Crippen molar-refractivity contribution in [3.63, 3.8) is 0 Å². The van der Waals surface area contributed by atoms with Gasteiger partial charge in [-0.3, -0.25) is 0 Å². The van der Waals surface area contributed by atoms with Gasteiger partial charge in [0.1, 0.15) is 0 Å². The average Bonchev–Trinajstić information content (AvgIpc) is 2.30. The first-order valence-electron chi connectivity index (χ1n) is 3.52. The van der Waals surface area contributed by atoms with Gasteiger partial charge >= 0.3 is 0 Å². The molecule has 0 fully saturated rings. The molecule has 0 aliphatic heterocycles. The van der Waals surface area contributed by atoms with Crippen LogP contribution in [0.3, 0.4) is 0 Å². The van der Waals surface area contributed by atoms with Gasteiger partial charge in [0.2, 0.25) is 3.79 Å². The van der Waals surface area contributed by atoms with E-state index in [1.165, 1.54) is 0 Å². The predicted molar refractivity (Wildman–Crippen MR) is 49.8 cm³/mol. The number of alkyl halides is 3. The highest BCUT2D eigenvalue weighted by Crippen LogP contribution is 2.27. The molecule has 0 unspecified atom stereocenters. The molecule has 0 aromatic rings. The van der Waals surface area contributed by atoms with Crippen molar-refractivity contribution in [2.45, 2.75) is 22.4 Å². The molecule has 70 valence electrons. The van der Waals surface area contributed by atoms with E-state index in [9.17, 15) is 0 Å². The van der Waals surface area contributed by atoms with Crippen molar-refractivity contribution >= 4 is 34.8 Å². The van der Waals surface area contributed by atoms with E-state index in [1.54, 1.807) is 12.2 Å². The summed E-state index contributed by atoms with van der Waals surface area (Å²) in [6, 6.07) is 0. The summed E-state index contributed by atoms with van der Waals surface area (Å²) >= 11 is 16.4. The number of aliphatic hydroxyl groups is 1. The van der Waals surface area contributed by atoms with Crippen LogP contribution < -0.4 is 0 Å². The zero-order chi connectivity index (χ0) is 9.19. The molecule has 0 bridgehead atoms. The lowest BCUT2D eigenvalue weighted by atomic mass is 10.3. The van der Waals surface area contributed by atoms with Gasteiger partial charge in [0.05, 0.1) is 18.8 Å². The SMILES string of the molecule is O[C@@H]1C=C[C@H](OCC(Cl)(Cl)Cl)C1. The minimum absolute atomic E-state index is 0.0411. The third kappa shape index (κ3) is 3.97. The van der Waals surface area contributed by atoms with Crippen LogP contribution in [-0.4, -0.2) is 27.7 Å². The van der Waals surface area contributed by atoms with Crippen molar-refractivity contribution in [2.75, 3.05) is 6.61 Å². The number of hydrogen-bond acceptors (Lipinski definition) is 2. The summed E-state index contributed by atoms with van der Waals surface area (Å²) in [5.74, 6) is 0. The lowest BCUT2D eigenvalue weighted by Gasteiger charge is -2.15. The van der Waals surface area contributed by atoms with Gasteiger partial charge in [0.25, 0.3) is 0 Å². The van der Waals surface area contributed by atoms with Crippen LogP contribution in [0, 0.1) is 0 Å². The van der Waals surface area contributed by atoms with Crippen LogP contribution in [0.5, 0.6) is 0 Å². The van der Waals surface area contributed by atoms with Gasteiger partial charge in [0.15, 0.2) is 0 Å². The zero-order valence-corrected chi connectivity index (χ0v) is 8.48. The molecule has 0 saturated heterocycles. The molecule has 0 saturated carbocycles. The summed E-state index contributed by atoms with van der Waals surface area (Å²) in [7, 11) is 0. The Kier molecular flexibility index (Phi) is 3.68. The molecule has 0 amide bonds. The monoisotopic (exact) mass is 230 g/mol. The highest BCUT2D eigenvalue weighted by molar-refractivity contribution is 6.67. The molecule has 0 heterocycles. The number of ether oxygens (including phenoxy) is 1. The molecule has 0 radical (unpaired) electrons. The lowest BCUT2D eigenvalue weighted by molar-refractivity contribution is 0.0673. The Hall–Kier alpha value is 0.530. The summed E-state index contributed by atoms with van der Waals surface area (Å²) < 4.78 is 3.82. The van der Waals surface area contributed by atoms with E-state index in [4.69, 9.17) is 44.6 Å². The van der Waals surface area contributed by atoms with Crippen LogP contribution in [0.15, 0.2) is 12.2 Å².